The molecule has 1 atom stereocenters. The minimum absolute atomic E-state index is 0.0446. The van der Waals surface area contributed by atoms with Gasteiger partial charge in [-0.15, -0.1) is 0 Å². The molecule has 35 heavy (non-hydrogen) atoms. The number of benzene rings is 3. The first-order chi connectivity index (χ1) is 16.8. The highest BCUT2D eigenvalue weighted by Crippen LogP contribution is 2.44. The Morgan fingerprint density at radius 3 is 2.20 bits per heavy atom. The molecule has 4 rings (SSSR count). The van der Waals surface area contributed by atoms with Crippen LogP contribution < -0.4 is 10.6 Å². The number of hydrogen-bond acceptors (Lipinski definition) is 5. The maximum Gasteiger partial charge on any atom is 0.411 e. The van der Waals surface area contributed by atoms with Crippen LogP contribution in [0.5, 0.6) is 0 Å². The lowest BCUT2D eigenvalue weighted by molar-refractivity contribution is -0.139. The monoisotopic (exact) mass is 474 g/mol. The summed E-state index contributed by atoms with van der Waals surface area (Å²) < 4.78 is 5.57. The Kier molecular flexibility index (Phi) is 7.12. The SMILES string of the molecule is Cc1cc(C(=O)NCC(O)CC(=O)O)ccc1NC(=O)OCC1c2ccccc2-c2ccccc21. The van der Waals surface area contributed by atoms with Crippen molar-refractivity contribution in [1.29, 1.82) is 0 Å². The van der Waals surface area contributed by atoms with E-state index in [1.807, 2.05) is 24.3 Å². The van der Waals surface area contributed by atoms with E-state index in [2.05, 4.69) is 34.9 Å². The molecule has 0 fully saturated rings. The molecule has 3 aromatic carbocycles. The number of carbonyl (C=O) groups is 3. The van der Waals surface area contributed by atoms with Crippen LogP contribution in [0, 0.1) is 6.92 Å². The van der Waals surface area contributed by atoms with E-state index in [-0.39, 0.29) is 19.1 Å². The van der Waals surface area contributed by atoms with Gasteiger partial charge in [-0.05, 0) is 52.9 Å². The Hall–Kier alpha value is -4.17. The molecule has 0 saturated carbocycles. The number of aliphatic carboxylic acids is 1. The van der Waals surface area contributed by atoms with Gasteiger partial charge in [0.25, 0.3) is 5.91 Å². The Morgan fingerprint density at radius 1 is 0.971 bits per heavy atom. The number of aryl methyl sites for hydroxylation is 1. The number of carboxylic acid groups (broad SMARTS) is 1. The van der Waals surface area contributed by atoms with E-state index in [1.54, 1.807) is 19.1 Å². The Bertz CT molecular complexity index is 1230. The van der Waals surface area contributed by atoms with Gasteiger partial charge < -0.3 is 20.3 Å². The minimum Gasteiger partial charge on any atom is -0.481 e. The lowest BCUT2D eigenvalue weighted by Crippen LogP contribution is -2.33. The second kappa shape index (κ2) is 10.4. The number of ether oxygens (including phenoxy) is 1. The van der Waals surface area contributed by atoms with Gasteiger partial charge in [-0.25, -0.2) is 4.79 Å². The zero-order chi connectivity index (χ0) is 24.9. The molecule has 3 aromatic rings. The second-order valence-electron chi connectivity index (χ2n) is 8.44. The molecule has 2 amide bonds. The van der Waals surface area contributed by atoms with Crippen molar-refractivity contribution in [2.75, 3.05) is 18.5 Å². The quantitative estimate of drug-likeness (QED) is 0.392. The van der Waals surface area contributed by atoms with Gasteiger partial charge in [-0.1, -0.05) is 48.5 Å². The summed E-state index contributed by atoms with van der Waals surface area (Å²) in [6.07, 6.45) is -2.22. The van der Waals surface area contributed by atoms with Crippen LogP contribution in [0.3, 0.4) is 0 Å². The molecule has 0 spiro atoms. The smallest absolute Gasteiger partial charge is 0.411 e. The topological polar surface area (TPSA) is 125 Å². The van der Waals surface area contributed by atoms with Gasteiger partial charge in [0.1, 0.15) is 6.61 Å². The predicted octanol–water partition coefficient (Wildman–Crippen LogP) is 3.92. The number of aliphatic hydroxyl groups excluding tert-OH is 1. The highest BCUT2D eigenvalue weighted by atomic mass is 16.5. The fraction of sp³-hybridized carbons (Fsp3) is 0.222. The van der Waals surface area contributed by atoms with Gasteiger partial charge in [0.2, 0.25) is 0 Å². The van der Waals surface area contributed by atoms with Crippen LogP contribution in [0.2, 0.25) is 0 Å². The van der Waals surface area contributed by atoms with Crippen LogP contribution in [-0.4, -0.2) is 47.4 Å². The van der Waals surface area contributed by atoms with Gasteiger partial charge in [0, 0.05) is 23.7 Å². The molecule has 0 aromatic heterocycles. The van der Waals surface area contributed by atoms with Crippen molar-refractivity contribution in [3.05, 3.63) is 89.0 Å². The molecule has 1 aliphatic carbocycles. The molecular weight excluding hydrogens is 448 g/mol. The number of carbonyl (C=O) groups excluding carboxylic acids is 2. The number of aliphatic hydroxyl groups is 1. The van der Waals surface area contributed by atoms with E-state index in [4.69, 9.17) is 9.84 Å². The average molecular weight is 475 g/mol. The van der Waals surface area contributed by atoms with E-state index in [0.717, 1.165) is 22.3 Å². The molecule has 0 aliphatic heterocycles. The number of amides is 2. The Labute approximate surface area is 202 Å². The zero-order valence-electron chi connectivity index (χ0n) is 19.2. The van der Waals surface area contributed by atoms with Crippen LogP contribution in [0.15, 0.2) is 66.7 Å². The van der Waals surface area contributed by atoms with Crippen molar-refractivity contribution in [3.8, 4) is 11.1 Å². The fourth-order valence-electron chi connectivity index (χ4n) is 4.28. The van der Waals surface area contributed by atoms with Crippen LogP contribution in [0.4, 0.5) is 10.5 Å². The highest BCUT2D eigenvalue weighted by molar-refractivity contribution is 5.95. The molecule has 4 N–H and O–H groups in total. The molecular formula is C27H26N2O6. The van der Waals surface area contributed by atoms with Crippen LogP contribution in [0.1, 0.15) is 39.4 Å². The average Bonchev–Trinajstić information content (AvgIpc) is 3.16. The van der Waals surface area contributed by atoms with E-state index in [9.17, 15) is 19.5 Å². The molecule has 180 valence electrons. The lowest BCUT2D eigenvalue weighted by atomic mass is 9.98. The third-order valence-corrected chi connectivity index (χ3v) is 5.98. The van der Waals surface area contributed by atoms with Crippen LogP contribution in [0.25, 0.3) is 11.1 Å². The second-order valence-corrected chi connectivity index (χ2v) is 8.44. The van der Waals surface area contributed by atoms with Crippen molar-refractivity contribution in [3.63, 3.8) is 0 Å². The van der Waals surface area contributed by atoms with Crippen LogP contribution in [-0.2, 0) is 9.53 Å². The van der Waals surface area contributed by atoms with Gasteiger partial charge in [-0.3, -0.25) is 14.9 Å². The van der Waals surface area contributed by atoms with E-state index in [1.165, 1.54) is 6.07 Å². The molecule has 1 aliphatic rings. The molecule has 1 unspecified atom stereocenters. The number of carboxylic acids is 1. The summed E-state index contributed by atoms with van der Waals surface area (Å²) in [5.74, 6) is -1.65. The molecule has 8 nitrogen and oxygen atoms in total. The number of hydrogen-bond donors (Lipinski definition) is 4. The standard InChI is InChI=1S/C27H26N2O6/c1-16-12-17(26(33)28-14-18(30)13-25(31)32)10-11-24(16)29-27(34)35-15-23-21-8-4-2-6-19(21)20-7-3-5-9-22(20)23/h2-12,18,23,30H,13-15H2,1H3,(H,28,33)(H,29,34)(H,31,32). The van der Waals surface area contributed by atoms with Gasteiger partial charge in [0.15, 0.2) is 0 Å². The summed E-state index contributed by atoms with van der Waals surface area (Å²) in [4.78, 5) is 35.4. The third-order valence-electron chi connectivity index (χ3n) is 5.98. The van der Waals surface area contributed by atoms with Crippen molar-refractivity contribution < 1.29 is 29.3 Å². The summed E-state index contributed by atoms with van der Waals surface area (Å²) in [5, 5.41) is 23.5. The van der Waals surface area contributed by atoms with Gasteiger partial charge >= 0.3 is 12.1 Å². The van der Waals surface area contributed by atoms with E-state index in [0.29, 0.717) is 16.8 Å². The van der Waals surface area contributed by atoms with E-state index >= 15 is 0 Å². The van der Waals surface area contributed by atoms with Gasteiger partial charge in [0.05, 0.1) is 12.5 Å². The molecule has 0 saturated heterocycles. The van der Waals surface area contributed by atoms with Crippen molar-refractivity contribution in [1.82, 2.24) is 5.32 Å². The first kappa shape index (κ1) is 24.0. The Morgan fingerprint density at radius 2 is 1.60 bits per heavy atom. The molecule has 0 bridgehead atoms. The lowest BCUT2D eigenvalue weighted by Gasteiger charge is -2.15. The molecule has 8 heteroatoms. The van der Waals surface area contributed by atoms with Crippen molar-refractivity contribution >= 4 is 23.7 Å². The number of anilines is 1. The normalized spacial score (nSPS) is 12.9. The third kappa shape index (κ3) is 5.50. The van der Waals surface area contributed by atoms with Crippen molar-refractivity contribution in [2.45, 2.75) is 25.4 Å². The van der Waals surface area contributed by atoms with E-state index < -0.39 is 30.5 Å². The molecule has 0 radical (unpaired) electrons. The zero-order valence-corrected chi connectivity index (χ0v) is 19.2. The Balaban J connectivity index is 1.35. The predicted molar refractivity (Wildman–Crippen MR) is 130 cm³/mol. The molecule has 0 heterocycles. The maximum atomic E-state index is 12.5. The first-order valence-electron chi connectivity index (χ1n) is 11.2. The van der Waals surface area contributed by atoms with Crippen molar-refractivity contribution in [2.24, 2.45) is 0 Å². The summed E-state index contributed by atoms with van der Waals surface area (Å²) in [6, 6.07) is 20.9. The van der Waals surface area contributed by atoms with Crippen LogP contribution >= 0.6 is 0 Å². The number of nitrogens with one attached hydrogen (secondary N) is 2. The highest BCUT2D eigenvalue weighted by Gasteiger charge is 2.29. The first-order valence-corrected chi connectivity index (χ1v) is 11.2. The summed E-state index contributed by atoms with van der Waals surface area (Å²) in [5.41, 5.74) is 6.03. The summed E-state index contributed by atoms with van der Waals surface area (Å²) in [6.45, 7) is 1.76. The number of fused-ring (bicyclic) bond motifs is 3. The van der Waals surface area contributed by atoms with Gasteiger partial charge in [-0.2, -0.15) is 0 Å². The minimum atomic E-state index is -1.17. The fourth-order valence-corrected chi connectivity index (χ4v) is 4.28. The summed E-state index contributed by atoms with van der Waals surface area (Å²) >= 11 is 0. The largest absolute Gasteiger partial charge is 0.481 e. The number of rotatable bonds is 8. The summed E-state index contributed by atoms with van der Waals surface area (Å²) in [7, 11) is 0. The maximum absolute atomic E-state index is 12.5.